The van der Waals surface area contributed by atoms with Crippen molar-refractivity contribution in [3.8, 4) is 17.1 Å². The number of aromatic nitrogens is 3. The van der Waals surface area contributed by atoms with E-state index in [1.54, 1.807) is 14.2 Å². The zero-order chi connectivity index (χ0) is 17.1. The first-order chi connectivity index (χ1) is 11.6. The Hall–Kier alpha value is -2.77. The largest absolute Gasteiger partial charge is 0.497 e. The molecule has 8 heteroatoms. The topological polar surface area (TPSA) is 90.2 Å². The van der Waals surface area contributed by atoms with Gasteiger partial charge in [0.25, 0.3) is 0 Å². The van der Waals surface area contributed by atoms with Crippen molar-refractivity contribution in [1.82, 2.24) is 25.0 Å². The maximum Gasteiger partial charge on any atom is 0.345 e. The molecule has 1 aromatic carbocycles. The zero-order valence-electron chi connectivity index (χ0n) is 13.8. The first kappa shape index (κ1) is 16.1. The number of carbonyl (C=O) groups excluding carboxylic acids is 1. The molecule has 0 unspecified atom stereocenters. The van der Waals surface area contributed by atoms with Crippen LogP contribution in [0.2, 0.25) is 0 Å². The smallest absolute Gasteiger partial charge is 0.345 e. The molecular formula is C16H21N5O3. The van der Waals surface area contributed by atoms with Crippen LogP contribution in [0.15, 0.2) is 29.1 Å². The average molecular weight is 331 g/mol. The second kappa shape index (κ2) is 6.77. The molecule has 1 fully saturated rings. The summed E-state index contributed by atoms with van der Waals surface area (Å²) < 4.78 is 7.98. The first-order valence-electron chi connectivity index (χ1n) is 7.91. The number of methoxy groups -OCH3 is 1. The fourth-order valence-corrected chi connectivity index (χ4v) is 2.36. The third kappa shape index (κ3) is 3.58. The van der Waals surface area contributed by atoms with Gasteiger partial charge in [-0.1, -0.05) is 0 Å². The van der Waals surface area contributed by atoms with Crippen LogP contribution < -0.4 is 21.1 Å². The second-order valence-corrected chi connectivity index (χ2v) is 5.79. The van der Waals surface area contributed by atoms with Gasteiger partial charge in [-0.15, -0.1) is 5.10 Å². The lowest BCUT2D eigenvalue weighted by atomic mass is 10.2. The number of benzene rings is 1. The predicted octanol–water partition coefficient (Wildman–Crippen LogP) is 0.719. The van der Waals surface area contributed by atoms with Crippen LogP contribution in [0, 0.1) is 0 Å². The van der Waals surface area contributed by atoms with Gasteiger partial charge in [0, 0.05) is 25.2 Å². The molecule has 1 aliphatic rings. The van der Waals surface area contributed by atoms with Crippen LogP contribution in [0.1, 0.15) is 12.8 Å². The highest BCUT2D eigenvalue weighted by Crippen LogP contribution is 2.19. The second-order valence-electron chi connectivity index (χ2n) is 5.79. The fraction of sp³-hybridized carbons (Fsp3) is 0.438. The van der Waals surface area contributed by atoms with Crippen molar-refractivity contribution < 1.29 is 9.53 Å². The Bertz CT molecular complexity index is 774. The van der Waals surface area contributed by atoms with E-state index in [2.05, 4.69) is 15.7 Å². The van der Waals surface area contributed by atoms with Crippen LogP contribution in [0.4, 0.5) is 4.79 Å². The van der Waals surface area contributed by atoms with Gasteiger partial charge < -0.3 is 15.4 Å². The lowest BCUT2D eigenvalue weighted by molar-refractivity contribution is 0.240. The third-order valence-electron chi connectivity index (χ3n) is 3.91. The highest BCUT2D eigenvalue weighted by atomic mass is 16.5. The Balaban J connectivity index is 1.65. The molecule has 0 atom stereocenters. The van der Waals surface area contributed by atoms with Crippen LogP contribution in [-0.2, 0) is 13.6 Å². The molecule has 8 nitrogen and oxygen atoms in total. The minimum absolute atomic E-state index is 0.197. The minimum atomic E-state index is -0.217. The Morgan fingerprint density at radius 2 is 2.04 bits per heavy atom. The number of carbonyl (C=O) groups is 1. The molecule has 1 heterocycles. The van der Waals surface area contributed by atoms with Crippen molar-refractivity contribution in [2.45, 2.75) is 25.4 Å². The molecule has 0 saturated heterocycles. The summed E-state index contributed by atoms with van der Waals surface area (Å²) in [6.07, 6.45) is 2.08. The Morgan fingerprint density at radius 3 is 2.67 bits per heavy atom. The van der Waals surface area contributed by atoms with E-state index >= 15 is 0 Å². The van der Waals surface area contributed by atoms with Crippen LogP contribution in [0.3, 0.4) is 0 Å². The van der Waals surface area contributed by atoms with Crippen LogP contribution in [-0.4, -0.2) is 40.1 Å². The van der Waals surface area contributed by atoms with Crippen LogP contribution >= 0.6 is 0 Å². The van der Waals surface area contributed by atoms with E-state index in [1.807, 2.05) is 24.3 Å². The summed E-state index contributed by atoms with van der Waals surface area (Å²) in [4.78, 5) is 23.8. The maximum absolute atomic E-state index is 12.3. The molecule has 1 saturated carbocycles. The van der Waals surface area contributed by atoms with Gasteiger partial charge in [-0.25, -0.2) is 14.3 Å². The average Bonchev–Trinajstić information content (AvgIpc) is 3.36. The molecule has 1 aromatic heterocycles. The van der Waals surface area contributed by atoms with Crippen molar-refractivity contribution in [3.05, 3.63) is 34.7 Å². The third-order valence-corrected chi connectivity index (χ3v) is 3.91. The van der Waals surface area contributed by atoms with E-state index in [1.165, 1.54) is 9.25 Å². The van der Waals surface area contributed by atoms with Crippen molar-refractivity contribution >= 4 is 6.03 Å². The summed E-state index contributed by atoms with van der Waals surface area (Å²) in [5, 5.41) is 9.93. The molecule has 2 N–H and O–H groups in total. The highest BCUT2D eigenvalue weighted by Gasteiger charge is 2.22. The van der Waals surface area contributed by atoms with E-state index < -0.39 is 0 Å². The number of hydrogen-bond donors (Lipinski definition) is 2. The lowest BCUT2D eigenvalue weighted by Crippen LogP contribution is -2.39. The van der Waals surface area contributed by atoms with E-state index in [4.69, 9.17) is 4.74 Å². The molecule has 128 valence electrons. The summed E-state index contributed by atoms with van der Waals surface area (Å²) in [7, 11) is 3.28. The predicted molar refractivity (Wildman–Crippen MR) is 89.0 cm³/mol. The van der Waals surface area contributed by atoms with Gasteiger partial charge in [0.05, 0.1) is 13.7 Å². The number of amides is 2. The molecule has 1 aliphatic carbocycles. The van der Waals surface area contributed by atoms with Gasteiger partial charge in [0.15, 0.2) is 5.82 Å². The van der Waals surface area contributed by atoms with Gasteiger partial charge in [0.1, 0.15) is 5.75 Å². The van der Waals surface area contributed by atoms with Gasteiger partial charge in [-0.2, -0.15) is 0 Å². The maximum atomic E-state index is 12.3. The van der Waals surface area contributed by atoms with E-state index in [9.17, 15) is 9.59 Å². The molecule has 0 spiro atoms. The van der Waals surface area contributed by atoms with Crippen LogP contribution in [0.5, 0.6) is 5.75 Å². The molecular weight excluding hydrogens is 310 g/mol. The Kier molecular flexibility index (Phi) is 4.54. The van der Waals surface area contributed by atoms with Crippen molar-refractivity contribution in [1.29, 1.82) is 0 Å². The van der Waals surface area contributed by atoms with Gasteiger partial charge >= 0.3 is 11.7 Å². The van der Waals surface area contributed by atoms with Crippen molar-refractivity contribution in [2.75, 3.05) is 13.7 Å². The van der Waals surface area contributed by atoms with E-state index in [-0.39, 0.29) is 11.7 Å². The normalized spacial score (nSPS) is 13.6. The van der Waals surface area contributed by atoms with E-state index in [0.717, 1.165) is 24.2 Å². The van der Waals surface area contributed by atoms with Crippen LogP contribution in [0.25, 0.3) is 11.4 Å². The number of nitrogens with one attached hydrogen (secondary N) is 2. The minimum Gasteiger partial charge on any atom is -0.497 e. The molecule has 0 bridgehead atoms. The van der Waals surface area contributed by atoms with Crippen molar-refractivity contribution in [2.24, 2.45) is 7.05 Å². The quantitative estimate of drug-likeness (QED) is 0.816. The molecule has 0 radical (unpaired) electrons. The zero-order valence-corrected chi connectivity index (χ0v) is 13.8. The van der Waals surface area contributed by atoms with Crippen molar-refractivity contribution in [3.63, 3.8) is 0 Å². The number of hydrogen-bond acceptors (Lipinski definition) is 4. The van der Waals surface area contributed by atoms with Gasteiger partial charge in [-0.3, -0.25) is 4.57 Å². The summed E-state index contributed by atoms with van der Waals surface area (Å²) in [6.45, 7) is 0.665. The monoisotopic (exact) mass is 331 g/mol. The molecule has 0 aliphatic heterocycles. The number of nitrogens with zero attached hydrogens (tertiary/aromatic N) is 3. The standard InChI is InChI=1S/C16H21N5O3/c1-20-14(11-3-7-13(24-2)8-4-11)19-21(16(20)23)10-9-17-15(22)18-12-5-6-12/h3-4,7-8,12H,5-6,9-10H2,1-2H3,(H2,17,18,22). The summed E-state index contributed by atoms with van der Waals surface area (Å²) in [6, 6.07) is 7.46. The number of urea groups is 1. The molecule has 24 heavy (non-hydrogen) atoms. The summed E-state index contributed by atoms with van der Waals surface area (Å²) >= 11 is 0. The Labute approximate surface area is 139 Å². The van der Waals surface area contributed by atoms with Gasteiger partial charge in [-0.05, 0) is 37.1 Å². The van der Waals surface area contributed by atoms with Gasteiger partial charge in [0.2, 0.25) is 0 Å². The molecule has 2 aromatic rings. The number of ether oxygens (including phenoxy) is 1. The fourth-order valence-electron chi connectivity index (χ4n) is 2.36. The summed E-state index contributed by atoms with van der Waals surface area (Å²) in [5.41, 5.74) is 0.610. The molecule has 3 rings (SSSR count). The first-order valence-corrected chi connectivity index (χ1v) is 7.91. The molecule has 2 amide bonds. The van der Waals surface area contributed by atoms with E-state index in [0.29, 0.717) is 25.0 Å². The lowest BCUT2D eigenvalue weighted by Gasteiger charge is -2.05. The summed E-state index contributed by atoms with van der Waals surface area (Å²) in [5.74, 6) is 1.32. The number of rotatable bonds is 6. The SMILES string of the molecule is COc1ccc(-c2nn(CCNC(=O)NC3CC3)c(=O)n2C)cc1. The Morgan fingerprint density at radius 1 is 1.33 bits per heavy atom. The highest BCUT2D eigenvalue weighted by molar-refractivity contribution is 5.74.